The van der Waals surface area contributed by atoms with Crippen molar-refractivity contribution >= 4 is 5.84 Å². The van der Waals surface area contributed by atoms with Crippen LogP contribution in [-0.2, 0) is 0 Å². The summed E-state index contributed by atoms with van der Waals surface area (Å²) < 4.78 is 5.11. The maximum atomic E-state index is 5.26. The van der Waals surface area contributed by atoms with E-state index in [0.29, 0.717) is 11.6 Å². The zero-order valence-electron chi connectivity index (χ0n) is 7.08. The normalized spacial score (nSPS) is 11.7. The number of furan rings is 1. The Balaban J connectivity index is 2.69. The van der Waals surface area contributed by atoms with Gasteiger partial charge in [-0.15, -0.1) is 0 Å². The van der Waals surface area contributed by atoms with Crippen molar-refractivity contribution in [3.8, 4) is 0 Å². The number of hydrazine groups is 1. The maximum absolute atomic E-state index is 5.26. The molecule has 3 N–H and O–H groups in total. The zero-order valence-corrected chi connectivity index (χ0v) is 7.08. The summed E-state index contributed by atoms with van der Waals surface area (Å²) in [5.74, 6) is 6.54. The third kappa shape index (κ3) is 2.10. The second-order valence-corrected chi connectivity index (χ2v) is 2.35. The van der Waals surface area contributed by atoms with Crippen LogP contribution in [0.1, 0.15) is 19.1 Å². The van der Waals surface area contributed by atoms with E-state index in [1.807, 2.05) is 6.07 Å². The van der Waals surface area contributed by atoms with E-state index in [-0.39, 0.29) is 0 Å². The molecule has 0 aliphatic heterocycles. The van der Waals surface area contributed by atoms with Crippen LogP contribution in [0.5, 0.6) is 0 Å². The molecule has 1 heterocycles. The van der Waals surface area contributed by atoms with Gasteiger partial charge in [-0.3, -0.25) is 4.99 Å². The van der Waals surface area contributed by atoms with Gasteiger partial charge in [0.15, 0.2) is 11.6 Å². The zero-order chi connectivity index (χ0) is 8.81. The van der Waals surface area contributed by atoms with Gasteiger partial charge in [0.25, 0.3) is 0 Å². The van der Waals surface area contributed by atoms with Crippen LogP contribution < -0.4 is 11.3 Å². The van der Waals surface area contributed by atoms with Gasteiger partial charge in [-0.05, 0) is 18.6 Å². The molecule has 0 aromatic carbocycles. The molecule has 1 aromatic heterocycles. The van der Waals surface area contributed by atoms with Gasteiger partial charge in [0.1, 0.15) is 0 Å². The van der Waals surface area contributed by atoms with Gasteiger partial charge in [-0.1, -0.05) is 6.92 Å². The van der Waals surface area contributed by atoms with Crippen LogP contribution in [0.2, 0.25) is 0 Å². The van der Waals surface area contributed by atoms with Crippen molar-refractivity contribution in [2.24, 2.45) is 10.8 Å². The molecular weight excluding hydrogens is 154 g/mol. The molecular formula is C8H13N3O. The summed E-state index contributed by atoms with van der Waals surface area (Å²) in [5, 5.41) is 0. The van der Waals surface area contributed by atoms with Crippen LogP contribution in [0.25, 0.3) is 0 Å². The smallest absolute Gasteiger partial charge is 0.179 e. The van der Waals surface area contributed by atoms with E-state index in [9.17, 15) is 0 Å². The number of hydrogen-bond donors (Lipinski definition) is 2. The lowest BCUT2D eigenvalue weighted by atomic mass is 10.4. The van der Waals surface area contributed by atoms with Gasteiger partial charge in [0.05, 0.1) is 6.26 Å². The Morgan fingerprint density at radius 1 is 1.75 bits per heavy atom. The van der Waals surface area contributed by atoms with Crippen LogP contribution in [0.4, 0.5) is 0 Å². The summed E-state index contributed by atoms with van der Waals surface area (Å²) >= 11 is 0. The third-order valence-corrected chi connectivity index (χ3v) is 1.38. The lowest BCUT2D eigenvalue weighted by Gasteiger charge is -2.00. The van der Waals surface area contributed by atoms with E-state index in [1.54, 1.807) is 12.3 Å². The molecule has 0 amide bonds. The van der Waals surface area contributed by atoms with Crippen molar-refractivity contribution in [3.05, 3.63) is 24.2 Å². The fourth-order valence-corrected chi connectivity index (χ4v) is 0.832. The second-order valence-electron chi connectivity index (χ2n) is 2.35. The number of nitrogens with one attached hydrogen (secondary N) is 1. The quantitative estimate of drug-likeness (QED) is 0.304. The van der Waals surface area contributed by atoms with Crippen LogP contribution in [0, 0.1) is 0 Å². The summed E-state index contributed by atoms with van der Waals surface area (Å²) in [6.45, 7) is 2.81. The molecule has 12 heavy (non-hydrogen) atoms. The number of nitrogens with two attached hydrogens (primary N) is 1. The van der Waals surface area contributed by atoms with Gasteiger partial charge in [-0.2, -0.15) is 0 Å². The van der Waals surface area contributed by atoms with Crippen molar-refractivity contribution in [2.45, 2.75) is 13.3 Å². The van der Waals surface area contributed by atoms with Gasteiger partial charge in [0, 0.05) is 6.54 Å². The summed E-state index contributed by atoms with van der Waals surface area (Å²) in [4.78, 5) is 4.19. The highest BCUT2D eigenvalue weighted by Gasteiger charge is 2.02. The Morgan fingerprint density at radius 2 is 2.58 bits per heavy atom. The highest BCUT2D eigenvalue weighted by Crippen LogP contribution is 2.00. The first kappa shape index (κ1) is 8.80. The van der Waals surface area contributed by atoms with Crippen LogP contribution in [0.15, 0.2) is 27.8 Å². The third-order valence-electron chi connectivity index (χ3n) is 1.38. The molecule has 1 aromatic rings. The van der Waals surface area contributed by atoms with Crippen molar-refractivity contribution < 1.29 is 4.42 Å². The van der Waals surface area contributed by atoms with Gasteiger partial charge >= 0.3 is 0 Å². The lowest BCUT2D eigenvalue weighted by molar-refractivity contribution is 0.553. The molecule has 0 spiro atoms. The number of aliphatic imine (C=N–C) groups is 1. The molecule has 0 radical (unpaired) electrons. The predicted molar refractivity (Wildman–Crippen MR) is 47.7 cm³/mol. The molecule has 0 bridgehead atoms. The Kier molecular flexibility index (Phi) is 3.35. The minimum absolute atomic E-state index is 0.599. The standard InChI is InChI=1S/C8H13N3O/c1-2-5-10-8(11-9)7-4-3-6-12-7/h3-4,6H,2,5,9H2,1H3,(H,10,11). The minimum atomic E-state index is 0.599. The number of amidine groups is 1. The van der Waals surface area contributed by atoms with Gasteiger partial charge in [0.2, 0.25) is 0 Å². The SMILES string of the molecule is CCCN=C(NN)c1ccco1. The van der Waals surface area contributed by atoms with E-state index in [2.05, 4.69) is 17.3 Å². The van der Waals surface area contributed by atoms with Gasteiger partial charge < -0.3 is 9.84 Å². The fraction of sp³-hybridized carbons (Fsp3) is 0.375. The largest absolute Gasteiger partial charge is 0.461 e. The molecule has 66 valence electrons. The average Bonchev–Trinajstić information content (AvgIpc) is 2.59. The Labute approximate surface area is 71.4 Å². The van der Waals surface area contributed by atoms with Crippen molar-refractivity contribution in [3.63, 3.8) is 0 Å². The van der Waals surface area contributed by atoms with Crippen molar-refractivity contribution in [2.75, 3.05) is 6.54 Å². The molecule has 4 nitrogen and oxygen atoms in total. The first-order chi connectivity index (χ1) is 5.88. The van der Waals surface area contributed by atoms with E-state index in [0.717, 1.165) is 13.0 Å². The summed E-state index contributed by atoms with van der Waals surface area (Å²) in [7, 11) is 0. The second kappa shape index (κ2) is 4.56. The van der Waals surface area contributed by atoms with Crippen LogP contribution >= 0.6 is 0 Å². The molecule has 0 aliphatic rings. The Bertz CT molecular complexity index is 241. The van der Waals surface area contributed by atoms with E-state index < -0.39 is 0 Å². The molecule has 0 atom stereocenters. The molecule has 0 unspecified atom stereocenters. The average molecular weight is 167 g/mol. The molecule has 0 saturated heterocycles. The first-order valence-electron chi connectivity index (χ1n) is 3.93. The van der Waals surface area contributed by atoms with E-state index in [4.69, 9.17) is 10.3 Å². The topological polar surface area (TPSA) is 63.5 Å². The van der Waals surface area contributed by atoms with Crippen LogP contribution in [0.3, 0.4) is 0 Å². The van der Waals surface area contributed by atoms with Gasteiger partial charge in [-0.25, -0.2) is 5.84 Å². The summed E-state index contributed by atoms with van der Waals surface area (Å²) in [6, 6.07) is 3.61. The van der Waals surface area contributed by atoms with Crippen molar-refractivity contribution in [1.82, 2.24) is 5.43 Å². The summed E-state index contributed by atoms with van der Waals surface area (Å²) in [5.41, 5.74) is 2.50. The maximum Gasteiger partial charge on any atom is 0.179 e. The monoisotopic (exact) mass is 167 g/mol. The highest BCUT2D eigenvalue weighted by atomic mass is 16.3. The van der Waals surface area contributed by atoms with E-state index >= 15 is 0 Å². The molecule has 0 fully saturated rings. The molecule has 0 saturated carbocycles. The minimum Gasteiger partial charge on any atom is -0.461 e. The number of rotatable bonds is 3. The summed E-state index contributed by atoms with van der Waals surface area (Å²) in [6.07, 6.45) is 2.58. The Hall–Kier alpha value is -1.29. The lowest BCUT2D eigenvalue weighted by Crippen LogP contribution is -2.31. The Morgan fingerprint density at radius 3 is 3.08 bits per heavy atom. The predicted octanol–water partition coefficient (Wildman–Crippen LogP) is 0.899. The number of nitrogens with zero attached hydrogens (tertiary/aromatic N) is 1. The molecule has 0 aliphatic carbocycles. The van der Waals surface area contributed by atoms with E-state index in [1.165, 1.54) is 0 Å². The highest BCUT2D eigenvalue weighted by molar-refractivity contribution is 5.95. The van der Waals surface area contributed by atoms with Crippen LogP contribution in [-0.4, -0.2) is 12.4 Å². The fourth-order valence-electron chi connectivity index (χ4n) is 0.832. The molecule has 1 rings (SSSR count). The number of hydrogen-bond acceptors (Lipinski definition) is 3. The molecule has 4 heteroatoms. The first-order valence-corrected chi connectivity index (χ1v) is 3.93. The van der Waals surface area contributed by atoms with Crippen molar-refractivity contribution in [1.29, 1.82) is 0 Å².